The van der Waals surface area contributed by atoms with Gasteiger partial charge in [0.25, 0.3) is 5.91 Å². The quantitative estimate of drug-likeness (QED) is 0.567. The molecular formula is C23H19ClFNO3S. The standard InChI is InChI=1S/C23H19ClFNO3S/c24-20-11-12-21(25)22-19(20)10-5-13-26(22)23(27)17-7-4-6-16(14-17)15-30(28,29)18-8-2-1-3-9-18/h1-4,6-9,11-12,14H,5,10,13,15H2. The number of rotatable bonds is 4. The summed E-state index contributed by atoms with van der Waals surface area (Å²) in [6.07, 6.45) is 1.27. The summed E-state index contributed by atoms with van der Waals surface area (Å²) in [4.78, 5) is 14.8. The molecule has 1 aliphatic heterocycles. The van der Waals surface area contributed by atoms with Crippen LogP contribution in [-0.2, 0) is 22.0 Å². The van der Waals surface area contributed by atoms with Gasteiger partial charge < -0.3 is 4.90 Å². The Kier molecular flexibility index (Phi) is 5.62. The smallest absolute Gasteiger partial charge is 0.258 e. The fourth-order valence-electron chi connectivity index (χ4n) is 3.72. The number of amides is 1. The number of sulfone groups is 1. The molecule has 1 aliphatic rings. The second kappa shape index (κ2) is 8.20. The van der Waals surface area contributed by atoms with E-state index in [1.54, 1.807) is 54.6 Å². The maximum atomic E-state index is 14.5. The van der Waals surface area contributed by atoms with Crippen LogP contribution in [0.5, 0.6) is 0 Å². The third-order valence-electron chi connectivity index (χ3n) is 5.13. The van der Waals surface area contributed by atoms with Gasteiger partial charge in [-0.25, -0.2) is 12.8 Å². The third kappa shape index (κ3) is 3.98. The first-order valence-corrected chi connectivity index (χ1v) is 11.6. The second-order valence-corrected chi connectivity index (χ2v) is 9.59. The molecule has 7 heteroatoms. The molecule has 0 saturated heterocycles. The molecular weight excluding hydrogens is 425 g/mol. The van der Waals surface area contributed by atoms with E-state index in [9.17, 15) is 17.6 Å². The van der Waals surface area contributed by atoms with Crippen LogP contribution in [0.4, 0.5) is 10.1 Å². The van der Waals surface area contributed by atoms with Crippen molar-refractivity contribution in [1.29, 1.82) is 0 Å². The summed E-state index contributed by atoms with van der Waals surface area (Å²) in [5.74, 6) is -1.10. The summed E-state index contributed by atoms with van der Waals surface area (Å²) in [6, 6.07) is 17.4. The summed E-state index contributed by atoms with van der Waals surface area (Å²) < 4.78 is 39.9. The van der Waals surface area contributed by atoms with Crippen molar-refractivity contribution in [3.8, 4) is 0 Å². The first kappa shape index (κ1) is 20.6. The van der Waals surface area contributed by atoms with Crippen LogP contribution in [0.15, 0.2) is 71.6 Å². The number of carbonyl (C=O) groups excluding carboxylic acids is 1. The summed E-state index contributed by atoms with van der Waals surface area (Å²) in [5, 5.41) is 0.437. The Balaban J connectivity index is 1.65. The summed E-state index contributed by atoms with van der Waals surface area (Å²) in [6.45, 7) is 0.371. The van der Waals surface area contributed by atoms with Crippen molar-refractivity contribution in [2.75, 3.05) is 11.4 Å². The molecule has 30 heavy (non-hydrogen) atoms. The Labute approximate surface area is 179 Å². The highest BCUT2D eigenvalue weighted by molar-refractivity contribution is 7.90. The van der Waals surface area contributed by atoms with E-state index in [-0.39, 0.29) is 22.2 Å². The van der Waals surface area contributed by atoms with Gasteiger partial charge in [0.15, 0.2) is 9.84 Å². The molecule has 0 atom stereocenters. The van der Waals surface area contributed by atoms with Gasteiger partial charge in [-0.2, -0.15) is 0 Å². The van der Waals surface area contributed by atoms with E-state index < -0.39 is 15.7 Å². The average molecular weight is 444 g/mol. The van der Waals surface area contributed by atoms with E-state index in [0.717, 1.165) is 0 Å². The van der Waals surface area contributed by atoms with Crippen molar-refractivity contribution in [3.05, 3.63) is 94.3 Å². The van der Waals surface area contributed by atoms with Crippen molar-refractivity contribution in [1.82, 2.24) is 0 Å². The molecule has 0 fully saturated rings. The lowest BCUT2D eigenvalue weighted by Gasteiger charge is -2.30. The Hall–Kier alpha value is -2.70. The summed E-state index contributed by atoms with van der Waals surface area (Å²) in [5.41, 5.74) is 1.64. The molecule has 1 amide bonds. The van der Waals surface area contributed by atoms with Gasteiger partial charge >= 0.3 is 0 Å². The molecule has 0 aliphatic carbocycles. The molecule has 1 heterocycles. The largest absolute Gasteiger partial charge is 0.305 e. The van der Waals surface area contributed by atoms with Gasteiger partial charge in [0.1, 0.15) is 5.82 Å². The van der Waals surface area contributed by atoms with Crippen LogP contribution in [0.25, 0.3) is 0 Å². The van der Waals surface area contributed by atoms with Gasteiger partial charge in [-0.3, -0.25) is 4.79 Å². The fourth-order valence-corrected chi connectivity index (χ4v) is 5.33. The number of hydrogen-bond donors (Lipinski definition) is 0. The van der Waals surface area contributed by atoms with E-state index in [1.807, 2.05) is 0 Å². The van der Waals surface area contributed by atoms with Gasteiger partial charge in [-0.1, -0.05) is 41.9 Å². The van der Waals surface area contributed by atoms with E-state index in [4.69, 9.17) is 11.6 Å². The zero-order chi connectivity index (χ0) is 21.3. The number of halogens is 2. The monoisotopic (exact) mass is 443 g/mol. The minimum Gasteiger partial charge on any atom is -0.305 e. The van der Waals surface area contributed by atoms with Crippen molar-refractivity contribution < 1.29 is 17.6 Å². The number of anilines is 1. The first-order valence-electron chi connectivity index (χ1n) is 9.52. The number of fused-ring (bicyclic) bond motifs is 1. The van der Waals surface area contributed by atoms with Crippen LogP contribution in [-0.4, -0.2) is 20.9 Å². The zero-order valence-corrected chi connectivity index (χ0v) is 17.6. The molecule has 0 unspecified atom stereocenters. The number of hydrogen-bond acceptors (Lipinski definition) is 3. The lowest BCUT2D eigenvalue weighted by molar-refractivity contribution is 0.0984. The topological polar surface area (TPSA) is 54.5 Å². The van der Waals surface area contributed by atoms with E-state index in [1.165, 1.54) is 17.0 Å². The lowest BCUT2D eigenvalue weighted by Crippen LogP contribution is -2.36. The SMILES string of the molecule is O=C(c1cccc(CS(=O)(=O)c2ccccc2)c1)N1CCCc2c(Cl)ccc(F)c21. The van der Waals surface area contributed by atoms with Crippen LogP contribution in [0.2, 0.25) is 5.02 Å². The van der Waals surface area contributed by atoms with Gasteiger partial charge in [0, 0.05) is 17.1 Å². The highest BCUT2D eigenvalue weighted by Gasteiger charge is 2.28. The van der Waals surface area contributed by atoms with Crippen LogP contribution in [0.3, 0.4) is 0 Å². The maximum absolute atomic E-state index is 14.5. The maximum Gasteiger partial charge on any atom is 0.258 e. The molecule has 0 bridgehead atoms. The normalized spacial score (nSPS) is 13.7. The van der Waals surface area contributed by atoms with Crippen molar-refractivity contribution in [2.45, 2.75) is 23.5 Å². The van der Waals surface area contributed by atoms with E-state index in [0.29, 0.717) is 41.1 Å². The fraction of sp³-hybridized carbons (Fsp3) is 0.174. The zero-order valence-electron chi connectivity index (χ0n) is 16.0. The highest BCUT2D eigenvalue weighted by Crippen LogP contribution is 2.36. The number of nitrogens with zero attached hydrogens (tertiary/aromatic N) is 1. The molecule has 0 N–H and O–H groups in total. The van der Waals surface area contributed by atoms with Gasteiger partial charge in [-0.05, 0) is 60.4 Å². The minimum atomic E-state index is -3.54. The molecule has 0 radical (unpaired) electrons. The summed E-state index contributed by atoms with van der Waals surface area (Å²) in [7, 11) is -3.54. The summed E-state index contributed by atoms with van der Waals surface area (Å²) >= 11 is 6.21. The Morgan fingerprint density at radius 2 is 1.80 bits per heavy atom. The average Bonchev–Trinajstić information content (AvgIpc) is 2.76. The highest BCUT2D eigenvalue weighted by atomic mass is 35.5. The van der Waals surface area contributed by atoms with E-state index >= 15 is 0 Å². The molecule has 154 valence electrons. The van der Waals surface area contributed by atoms with E-state index in [2.05, 4.69) is 0 Å². The van der Waals surface area contributed by atoms with Crippen LogP contribution < -0.4 is 4.90 Å². The van der Waals surface area contributed by atoms with Crippen LogP contribution in [0, 0.1) is 5.82 Å². The Morgan fingerprint density at radius 1 is 1.03 bits per heavy atom. The van der Waals surface area contributed by atoms with Gasteiger partial charge in [0.2, 0.25) is 0 Å². The van der Waals surface area contributed by atoms with Crippen molar-refractivity contribution in [2.24, 2.45) is 0 Å². The lowest BCUT2D eigenvalue weighted by atomic mass is 10.00. The minimum absolute atomic E-state index is 0.209. The molecule has 0 spiro atoms. The number of benzene rings is 3. The Morgan fingerprint density at radius 3 is 2.57 bits per heavy atom. The molecule has 3 aromatic carbocycles. The molecule has 0 saturated carbocycles. The second-order valence-electron chi connectivity index (χ2n) is 7.19. The van der Waals surface area contributed by atoms with Gasteiger partial charge in [0.05, 0.1) is 16.3 Å². The van der Waals surface area contributed by atoms with Crippen molar-refractivity contribution in [3.63, 3.8) is 0 Å². The Bertz CT molecular complexity index is 1210. The first-order chi connectivity index (χ1) is 14.4. The predicted molar refractivity (Wildman–Crippen MR) is 115 cm³/mol. The molecule has 4 nitrogen and oxygen atoms in total. The number of carbonyl (C=O) groups is 1. The molecule has 4 rings (SSSR count). The van der Waals surface area contributed by atoms with Crippen molar-refractivity contribution >= 4 is 33.0 Å². The van der Waals surface area contributed by atoms with Crippen LogP contribution >= 0.6 is 11.6 Å². The van der Waals surface area contributed by atoms with Crippen LogP contribution in [0.1, 0.15) is 27.9 Å². The third-order valence-corrected chi connectivity index (χ3v) is 7.19. The van der Waals surface area contributed by atoms with Gasteiger partial charge in [-0.15, -0.1) is 0 Å². The predicted octanol–water partition coefficient (Wildman–Crippen LogP) is 5.05. The molecule has 0 aromatic heterocycles. The molecule has 3 aromatic rings.